The van der Waals surface area contributed by atoms with Crippen molar-refractivity contribution in [1.29, 1.82) is 0 Å². The maximum atomic E-state index is 12.9. The zero-order valence-electron chi connectivity index (χ0n) is 15.5. The van der Waals surface area contributed by atoms with Crippen LogP contribution in [0.5, 0.6) is 0 Å². The van der Waals surface area contributed by atoms with Gasteiger partial charge in [0.05, 0.1) is 23.7 Å². The molecule has 0 aromatic carbocycles. The summed E-state index contributed by atoms with van der Waals surface area (Å²) in [5, 5.41) is 3.69. The Bertz CT molecular complexity index is 924. The summed E-state index contributed by atoms with van der Waals surface area (Å²) in [4.78, 5) is 37.0. The van der Waals surface area contributed by atoms with E-state index >= 15 is 0 Å². The Hall–Kier alpha value is -2.61. The van der Waals surface area contributed by atoms with Gasteiger partial charge in [-0.25, -0.2) is 9.78 Å². The number of pyridine rings is 1. The van der Waals surface area contributed by atoms with E-state index in [0.29, 0.717) is 27.8 Å². The number of aromatic nitrogens is 3. The molecule has 27 heavy (non-hydrogen) atoms. The Morgan fingerprint density at radius 1 is 1.30 bits per heavy atom. The van der Waals surface area contributed by atoms with Crippen LogP contribution >= 0.6 is 11.8 Å². The number of ether oxygens (including phenoxy) is 1. The van der Waals surface area contributed by atoms with E-state index in [2.05, 4.69) is 27.2 Å². The molecule has 2 aromatic heterocycles. The average molecular weight is 386 g/mol. The number of hydrogen-bond donors (Lipinski definition) is 2. The molecule has 0 fully saturated rings. The summed E-state index contributed by atoms with van der Waals surface area (Å²) in [6, 6.07) is 3.59. The molecule has 0 aliphatic carbocycles. The van der Waals surface area contributed by atoms with Crippen LogP contribution in [-0.2, 0) is 9.53 Å². The first kappa shape index (κ1) is 19.2. The number of nitrogens with zero attached hydrogens (tertiary/aromatic N) is 2. The number of nitrogens with one attached hydrogen (secondary N) is 2. The van der Waals surface area contributed by atoms with Crippen molar-refractivity contribution in [3.8, 4) is 0 Å². The predicted molar refractivity (Wildman–Crippen MR) is 105 cm³/mol. The van der Waals surface area contributed by atoms with E-state index in [-0.39, 0.29) is 12.2 Å². The molecule has 0 saturated carbocycles. The van der Waals surface area contributed by atoms with Crippen molar-refractivity contribution in [2.75, 3.05) is 17.7 Å². The monoisotopic (exact) mass is 386 g/mol. The largest absolute Gasteiger partial charge is 0.463 e. The summed E-state index contributed by atoms with van der Waals surface area (Å²) in [7, 11) is 0. The molecule has 0 saturated heterocycles. The molecule has 0 unspecified atom stereocenters. The van der Waals surface area contributed by atoms with Crippen LogP contribution in [-0.4, -0.2) is 33.3 Å². The third kappa shape index (κ3) is 3.90. The van der Waals surface area contributed by atoms with Crippen molar-refractivity contribution in [2.24, 2.45) is 0 Å². The highest BCUT2D eigenvalue weighted by Gasteiger charge is 2.36. The van der Waals surface area contributed by atoms with Gasteiger partial charge in [-0.3, -0.25) is 9.78 Å². The predicted octanol–water partition coefficient (Wildman–Crippen LogP) is 3.06. The minimum Gasteiger partial charge on any atom is -0.463 e. The zero-order chi connectivity index (χ0) is 19.4. The first-order valence-electron chi connectivity index (χ1n) is 8.88. The summed E-state index contributed by atoms with van der Waals surface area (Å²) >= 11 is 1.50. The maximum absolute atomic E-state index is 12.9. The smallest absolute Gasteiger partial charge is 0.336 e. The fourth-order valence-electron chi connectivity index (χ4n) is 3.07. The number of fused-ring (bicyclic) bond motifs is 1. The van der Waals surface area contributed by atoms with Crippen LogP contribution in [0.4, 0.5) is 5.82 Å². The van der Waals surface area contributed by atoms with Crippen molar-refractivity contribution in [2.45, 2.75) is 38.3 Å². The molecule has 2 N–H and O–H groups in total. The fourth-order valence-corrected chi connectivity index (χ4v) is 3.78. The van der Waals surface area contributed by atoms with E-state index in [1.54, 1.807) is 38.4 Å². The second-order valence-corrected chi connectivity index (χ2v) is 7.16. The minimum atomic E-state index is -0.565. The number of allylic oxidation sites excluding steroid dienone is 1. The molecule has 0 spiro atoms. The highest BCUT2D eigenvalue weighted by molar-refractivity contribution is 7.99. The second-order valence-electron chi connectivity index (χ2n) is 6.08. The van der Waals surface area contributed by atoms with Gasteiger partial charge in [-0.1, -0.05) is 18.7 Å². The van der Waals surface area contributed by atoms with Crippen molar-refractivity contribution < 1.29 is 9.53 Å². The van der Waals surface area contributed by atoms with Crippen LogP contribution in [0.3, 0.4) is 0 Å². The van der Waals surface area contributed by atoms with E-state index in [1.807, 2.05) is 0 Å². The molecular weight excluding hydrogens is 364 g/mol. The average Bonchev–Trinajstić information content (AvgIpc) is 2.66. The van der Waals surface area contributed by atoms with Crippen LogP contribution in [0, 0.1) is 0 Å². The Morgan fingerprint density at radius 2 is 2.04 bits per heavy atom. The Kier molecular flexibility index (Phi) is 5.95. The number of carbonyl (C=O) groups is 1. The molecule has 0 amide bonds. The van der Waals surface area contributed by atoms with Gasteiger partial charge in [-0.05, 0) is 38.0 Å². The van der Waals surface area contributed by atoms with Gasteiger partial charge in [0.1, 0.15) is 5.82 Å². The SMILES string of the molecule is CCCSc1nc2c(c(=O)[nH]1)[C@@H](c1ccncc1)C(C(=O)OCC)=C(C)N2. The molecule has 0 bridgehead atoms. The summed E-state index contributed by atoms with van der Waals surface area (Å²) in [5.41, 5.74) is 1.98. The van der Waals surface area contributed by atoms with Gasteiger partial charge in [0.25, 0.3) is 5.56 Å². The lowest BCUT2D eigenvalue weighted by molar-refractivity contribution is -0.138. The Morgan fingerprint density at radius 3 is 2.70 bits per heavy atom. The molecule has 1 aliphatic heterocycles. The van der Waals surface area contributed by atoms with Crippen molar-refractivity contribution in [1.82, 2.24) is 15.0 Å². The topological polar surface area (TPSA) is 97.0 Å². The standard InChI is InChI=1S/C19H22N4O3S/c1-4-10-27-19-22-16-15(17(24)23-19)14(12-6-8-20-9-7-12)13(11(3)21-16)18(25)26-5-2/h6-9,14H,4-5,10H2,1-3H3,(H2,21,22,23,24)/t14-/m0/s1. The van der Waals surface area contributed by atoms with E-state index in [0.717, 1.165) is 17.7 Å². The number of aromatic amines is 1. The lowest BCUT2D eigenvalue weighted by Crippen LogP contribution is -2.31. The molecular formula is C19H22N4O3S. The number of carbonyl (C=O) groups excluding carboxylic acids is 1. The summed E-state index contributed by atoms with van der Waals surface area (Å²) < 4.78 is 5.25. The van der Waals surface area contributed by atoms with Crippen LogP contribution < -0.4 is 10.9 Å². The van der Waals surface area contributed by atoms with Crippen molar-refractivity contribution in [3.63, 3.8) is 0 Å². The third-order valence-electron chi connectivity index (χ3n) is 4.20. The molecule has 2 aromatic rings. The highest BCUT2D eigenvalue weighted by Crippen LogP contribution is 2.39. The second kappa shape index (κ2) is 8.39. The molecule has 1 atom stereocenters. The van der Waals surface area contributed by atoms with E-state index in [9.17, 15) is 9.59 Å². The van der Waals surface area contributed by atoms with Gasteiger partial charge < -0.3 is 15.0 Å². The number of hydrogen-bond acceptors (Lipinski definition) is 7. The molecule has 3 rings (SSSR count). The van der Waals surface area contributed by atoms with Gasteiger partial charge in [-0.15, -0.1) is 0 Å². The Labute approximate surface area is 161 Å². The summed E-state index contributed by atoms with van der Waals surface area (Å²) in [5.74, 6) is 0.326. The van der Waals surface area contributed by atoms with E-state index in [4.69, 9.17) is 4.74 Å². The fraction of sp³-hybridized carbons (Fsp3) is 0.368. The van der Waals surface area contributed by atoms with Crippen LogP contribution in [0.25, 0.3) is 0 Å². The third-order valence-corrected chi connectivity index (χ3v) is 5.28. The zero-order valence-corrected chi connectivity index (χ0v) is 16.4. The number of H-pyrrole nitrogens is 1. The number of esters is 1. The van der Waals surface area contributed by atoms with Crippen LogP contribution in [0.1, 0.15) is 44.2 Å². The number of thioether (sulfide) groups is 1. The van der Waals surface area contributed by atoms with Crippen molar-refractivity contribution in [3.05, 3.63) is 57.3 Å². The quantitative estimate of drug-likeness (QED) is 0.447. The molecule has 1 aliphatic rings. The van der Waals surface area contributed by atoms with Crippen LogP contribution in [0.2, 0.25) is 0 Å². The van der Waals surface area contributed by atoms with Gasteiger partial charge in [0.15, 0.2) is 5.16 Å². The first-order valence-corrected chi connectivity index (χ1v) is 9.87. The molecule has 0 radical (unpaired) electrons. The molecule has 3 heterocycles. The molecule has 7 nitrogen and oxygen atoms in total. The lowest BCUT2D eigenvalue weighted by atomic mass is 9.83. The number of rotatable bonds is 6. The van der Waals surface area contributed by atoms with E-state index in [1.165, 1.54) is 11.8 Å². The summed E-state index contributed by atoms with van der Waals surface area (Å²) in [6.07, 6.45) is 4.26. The maximum Gasteiger partial charge on any atom is 0.336 e. The van der Waals surface area contributed by atoms with Gasteiger partial charge >= 0.3 is 5.97 Å². The number of anilines is 1. The van der Waals surface area contributed by atoms with E-state index < -0.39 is 11.9 Å². The first-order chi connectivity index (χ1) is 13.1. The normalized spacial score (nSPS) is 15.9. The minimum absolute atomic E-state index is 0.257. The Balaban J connectivity index is 2.17. The highest BCUT2D eigenvalue weighted by atomic mass is 32.2. The van der Waals surface area contributed by atoms with Gasteiger partial charge in [0.2, 0.25) is 0 Å². The van der Waals surface area contributed by atoms with Crippen molar-refractivity contribution >= 4 is 23.5 Å². The van der Waals surface area contributed by atoms with Gasteiger partial charge in [-0.2, -0.15) is 0 Å². The summed E-state index contributed by atoms with van der Waals surface area (Å²) in [6.45, 7) is 5.88. The molecule has 142 valence electrons. The van der Waals surface area contributed by atoms with Crippen LogP contribution in [0.15, 0.2) is 45.7 Å². The lowest BCUT2D eigenvalue weighted by Gasteiger charge is -2.28. The van der Waals surface area contributed by atoms with Gasteiger partial charge in [0, 0.05) is 23.8 Å². The molecule has 8 heteroatoms.